The van der Waals surface area contributed by atoms with Crippen LogP contribution in [0.3, 0.4) is 0 Å². The maximum atomic E-state index is 11.9. The van der Waals surface area contributed by atoms with Crippen LogP contribution in [0.5, 0.6) is 0 Å². The number of rotatable bonds is 6. The highest BCUT2D eigenvalue weighted by atomic mass is 32.2. The normalized spacial score (nSPS) is 13.6. The monoisotopic (exact) mass is 235 g/mol. The standard InChI is InChI=1S/C5H11F2NO5S/c6-4(7)14(12,13)8-5(1-9,2-10)3-11/h4,8-11H,1-3H2. The van der Waals surface area contributed by atoms with Gasteiger partial charge >= 0.3 is 5.76 Å². The molecule has 0 atom stereocenters. The van der Waals surface area contributed by atoms with Gasteiger partial charge in [-0.15, -0.1) is 0 Å². The molecular formula is C5H11F2NO5S. The second-order valence-corrected chi connectivity index (χ2v) is 4.31. The van der Waals surface area contributed by atoms with Crippen LogP contribution < -0.4 is 4.72 Å². The van der Waals surface area contributed by atoms with Gasteiger partial charge in [-0.25, -0.2) is 8.42 Å². The Morgan fingerprint density at radius 3 is 1.71 bits per heavy atom. The zero-order chi connectivity index (χ0) is 11.4. The van der Waals surface area contributed by atoms with Gasteiger partial charge in [0, 0.05) is 0 Å². The second kappa shape index (κ2) is 4.94. The molecule has 0 aliphatic heterocycles. The van der Waals surface area contributed by atoms with Crippen molar-refractivity contribution >= 4 is 10.0 Å². The Bertz CT molecular complexity index is 255. The molecule has 4 N–H and O–H groups in total. The fraction of sp³-hybridized carbons (Fsp3) is 1.00. The van der Waals surface area contributed by atoms with E-state index in [9.17, 15) is 17.2 Å². The number of hydrogen-bond donors (Lipinski definition) is 4. The smallest absolute Gasteiger partial charge is 0.350 e. The van der Waals surface area contributed by atoms with Gasteiger partial charge in [0.1, 0.15) is 5.54 Å². The van der Waals surface area contributed by atoms with Gasteiger partial charge in [-0.3, -0.25) is 0 Å². The van der Waals surface area contributed by atoms with Gasteiger partial charge in [0.05, 0.1) is 19.8 Å². The van der Waals surface area contributed by atoms with Crippen molar-refractivity contribution in [1.82, 2.24) is 4.72 Å². The maximum Gasteiger partial charge on any atom is 0.350 e. The zero-order valence-electron chi connectivity index (χ0n) is 7.02. The molecule has 0 amide bonds. The van der Waals surface area contributed by atoms with Crippen molar-refractivity contribution in [3.8, 4) is 0 Å². The van der Waals surface area contributed by atoms with Crippen LogP contribution in [0.4, 0.5) is 8.78 Å². The van der Waals surface area contributed by atoms with Crippen molar-refractivity contribution in [2.75, 3.05) is 19.8 Å². The highest BCUT2D eigenvalue weighted by Crippen LogP contribution is 2.09. The van der Waals surface area contributed by atoms with E-state index in [0.717, 1.165) is 0 Å². The predicted molar refractivity (Wildman–Crippen MR) is 42.0 cm³/mol. The minimum atomic E-state index is -4.96. The van der Waals surface area contributed by atoms with Crippen LogP contribution in [-0.4, -0.2) is 54.9 Å². The van der Waals surface area contributed by atoms with E-state index in [4.69, 9.17) is 15.3 Å². The first-order valence-electron chi connectivity index (χ1n) is 3.47. The molecule has 0 aromatic carbocycles. The van der Waals surface area contributed by atoms with E-state index in [2.05, 4.69) is 0 Å². The third-order valence-electron chi connectivity index (χ3n) is 1.50. The van der Waals surface area contributed by atoms with Gasteiger partial charge < -0.3 is 15.3 Å². The molecule has 6 nitrogen and oxygen atoms in total. The van der Waals surface area contributed by atoms with Crippen LogP contribution in [0.1, 0.15) is 0 Å². The SMILES string of the molecule is O=S(=O)(NC(CO)(CO)CO)C(F)F. The van der Waals surface area contributed by atoms with E-state index in [1.54, 1.807) is 0 Å². The molecule has 0 rings (SSSR count). The van der Waals surface area contributed by atoms with E-state index >= 15 is 0 Å². The molecule has 0 unspecified atom stereocenters. The number of sulfonamides is 1. The lowest BCUT2D eigenvalue weighted by atomic mass is 10.1. The molecule has 0 fully saturated rings. The highest BCUT2D eigenvalue weighted by Gasteiger charge is 2.37. The van der Waals surface area contributed by atoms with Gasteiger partial charge in [-0.2, -0.15) is 13.5 Å². The summed E-state index contributed by atoms with van der Waals surface area (Å²) in [5.41, 5.74) is -2.06. The lowest BCUT2D eigenvalue weighted by molar-refractivity contribution is 0.0566. The second-order valence-electron chi connectivity index (χ2n) is 2.66. The number of aliphatic hydroxyl groups excluding tert-OH is 3. The Labute approximate surface area is 79.2 Å². The number of halogens is 2. The fourth-order valence-electron chi connectivity index (χ4n) is 0.593. The summed E-state index contributed by atoms with van der Waals surface area (Å²) in [6, 6.07) is 0. The lowest BCUT2D eigenvalue weighted by Gasteiger charge is -2.27. The third kappa shape index (κ3) is 3.10. The summed E-state index contributed by atoms with van der Waals surface area (Å²) in [6.07, 6.45) is 0. The Balaban J connectivity index is 4.78. The molecule has 0 bridgehead atoms. The van der Waals surface area contributed by atoms with E-state index in [0.29, 0.717) is 0 Å². The topological polar surface area (TPSA) is 107 Å². The number of alkyl halides is 2. The maximum absolute atomic E-state index is 11.9. The van der Waals surface area contributed by atoms with Crippen molar-refractivity contribution in [3.05, 3.63) is 0 Å². The van der Waals surface area contributed by atoms with Gasteiger partial charge in [0.15, 0.2) is 0 Å². The van der Waals surface area contributed by atoms with Crippen LogP contribution in [0.15, 0.2) is 0 Å². The first kappa shape index (κ1) is 13.7. The van der Waals surface area contributed by atoms with Crippen molar-refractivity contribution in [2.45, 2.75) is 11.3 Å². The molecule has 0 aromatic rings. The first-order chi connectivity index (χ1) is 6.33. The zero-order valence-corrected chi connectivity index (χ0v) is 7.84. The predicted octanol–water partition coefficient (Wildman–Crippen LogP) is -2.16. The molecule has 0 aromatic heterocycles. The Morgan fingerprint density at radius 1 is 1.14 bits per heavy atom. The molecule has 0 aliphatic rings. The molecule has 0 saturated heterocycles. The van der Waals surface area contributed by atoms with Gasteiger partial charge in [0.25, 0.3) is 10.0 Å². The lowest BCUT2D eigenvalue weighted by Crippen LogP contribution is -2.57. The quantitative estimate of drug-likeness (QED) is 0.419. The van der Waals surface area contributed by atoms with Crippen LogP contribution >= 0.6 is 0 Å². The average Bonchev–Trinajstić information content (AvgIpc) is 2.14. The van der Waals surface area contributed by atoms with Gasteiger partial charge in [-0.1, -0.05) is 0 Å². The number of aliphatic hydroxyl groups is 3. The first-order valence-corrected chi connectivity index (χ1v) is 5.02. The fourth-order valence-corrected chi connectivity index (χ4v) is 1.48. The third-order valence-corrected chi connectivity index (χ3v) is 2.69. The molecule has 0 radical (unpaired) electrons. The molecular weight excluding hydrogens is 224 g/mol. The summed E-state index contributed by atoms with van der Waals surface area (Å²) in [4.78, 5) is 0. The van der Waals surface area contributed by atoms with E-state index in [-0.39, 0.29) is 0 Å². The van der Waals surface area contributed by atoms with E-state index in [1.807, 2.05) is 0 Å². The van der Waals surface area contributed by atoms with Crippen LogP contribution in [0.2, 0.25) is 0 Å². The summed E-state index contributed by atoms with van der Waals surface area (Å²) in [7, 11) is -4.96. The van der Waals surface area contributed by atoms with E-state index < -0.39 is 41.1 Å². The largest absolute Gasteiger partial charge is 0.394 e. The molecule has 86 valence electrons. The van der Waals surface area contributed by atoms with Crippen LogP contribution in [0, 0.1) is 0 Å². The highest BCUT2D eigenvalue weighted by molar-refractivity contribution is 7.89. The summed E-state index contributed by atoms with van der Waals surface area (Å²) >= 11 is 0. The van der Waals surface area contributed by atoms with Crippen molar-refractivity contribution in [1.29, 1.82) is 0 Å². The molecule has 9 heteroatoms. The van der Waals surface area contributed by atoms with Crippen molar-refractivity contribution < 1.29 is 32.5 Å². The Kier molecular flexibility index (Phi) is 4.81. The summed E-state index contributed by atoms with van der Waals surface area (Å²) in [6.45, 7) is -2.98. The van der Waals surface area contributed by atoms with Crippen LogP contribution in [0.25, 0.3) is 0 Å². The molecule has 14 heavy (non-hydrogen) atoms. The summed E-state index contributed by atoms with van der Waals surface area (Å²) < 4.78 is 46.3. The average molecular weight is 235 g/mol. The Hall–Kier alpha value is -0.350. The minimum absolute atomic E-state index is 0.994. The molecule has 0 aliphatic carbocycles. The Morgan fingerprint density at radius 2 is 1.50 bits per heavy atom. The number of hydrogen-bond acceptors (Lipinski definition) is 5. The molecule has 0 saturated carbocycles. The number of nitrogens with one attached hydrogen (secondary N) is 1. The van der Waals surface area contributed by atoms with E-state index in [1.165, 1.54) is 4.72 Å². The van der Waals surface area contributed by atoms with Crippen molar-refractivity contribution in [3.63, 3.8) is 0 Å². The molecule has 0 heterocycles. The van der Waals surface area contributed by atoms with Gasteiger partial charge in [0.2, 0.25) is 0 Å². The van der Waals surface area contributed by atoms with Gasteiger partial charge in [-0.05, 0) is 0 Å². The minimum Gasteiger partial charge on any atom is -0.394 e. The molecule has 0 spiro atoms. The summed E-state index contributed by atoms with van der Waals surface area (Å²) in [5, 5.41) is 25.9. The van der Waals surface area contributed by atoms with Crippen molar-refractivity contribution in [2.24, 2.45) is 0 Å². The summed E-state index contributed by atoms with van der Waals surface area (Å²) in [5.74, 6) is -3.69. The van der Waals surface area contributed by atoms with Crippen LogP contribution in [-0.2, 0) is 10.0 Å².